The summed E-state index contributed by atoms with van der Waals surface area (Å²) in [6, 6.07) is 2.09. The van der Waals surface area contributed by atoms with Crippen LogP contribution in [0.3, 0.4) is 0 Å². The van der Waals surface area contributed by atoms with Crippen molar-refractivity contribution >= 4 is 22.6 Å². The van der Waals surface area contributed by atoms with Gasteiger partial charge in [0.2, 0.25) is 0 Å². The average molecular weight is 318 g/mol. The van der Waals surface area contributed by atoms with Gasteiger partial charge in [-0.15, -0.1) is 11.6 Å². The first-order valence-corrected chi connectivity index (χ1v) is 7.19. The minimum atomic E-state index is -0.677. The first-order chi connectivity index (χ1) is 10.0. The minimum absolute atomic E-state index is 0.132. The number of hydrogen-bond donors (Lipinski definition) is 0. The Bertz CT molecular complexity index is 616. The van der Waals surface area contributed by atoms with Gasteiger partial charge >= 0.3 is 0 Å². The second-order valence-electron chi connectivity index (χ2n) is 4.98. The van der Waals surface area contributed by atoms with Crippen LogP contribution in [-0.4, -0.2) is 48.3 Å². The van der Waals surface area contributed by atoms with E-state index in [1.54, 1.807) is 4.57 Å². The lowest BCUT2D eigenvalue weighted by molar-refractivity contribution is 0.111. The van der Waals surface area contributed by atoms with Crippen molar-refractivity contribution < 1.29 is 13.5 Å². The highest BCUT2D eigenvalue weighted by molar-refractivity contribution is 6.16. The van der Waals surface area contributed by atoms with Crippen LogP contribution in [0, 0.1) is 11.6 Å². The van der Waals surface area contributed by atoms with E-state index in [-0.39, 0.29) is 11.4 Å². The first-order valence-electron chi connectivity index (χ1n) is 6.65. The Morgan fingerprint density at radius 2 is 2.05 bits per heavy atom. The van der Waals surface area contributed by atoms with Gasteiger partial charge in [0.15, 0.2) is 5.82 Å². The summed E-state index contributed by atoms with van der Waals surface area (Å²) in [6.07, 6.45) is 0. The summed E-state index contributed by atoms with van der Waals surface area (Å²) in [5.74, 6) is -0.667. The molecule has 0 atom stereocenters. The fraction of sp³-hybridized carbons (Fsp3) is 0.500. The number of benzene rings is 1. The standard InChI is InChI=1S/C14H18ClF2N3O/c1-19(2)3-5-21-6-4-20-12-8-10(16)7-11(17)14(12)18-13(20)9-15/h7-8H,3-6,9H2,1-2H3. The van der Waals surface area contributed by atoms with Crippen LogP contribution in [0.1, 0.15) is 5.82 Å². The lowest BCUT2D eigenvalue weighted by Crippen LogP contribution is -2.19. The lowest BCUT2D eigenvalue weighted by Gasteiger charge is -2.11. The zero-order chi connectivity index (χ0) is 15.4. The maximum absolute atomic E-state index is 13.7. The Morgan fingerprint density at radius 1 is 1.29 bits per heavy atom. The van der Waals surface area contributed by atoms with Gasteiger partial charge < -0.3 is 14.2 Å². The minimum Gasteiger partial charge on any atom is -0.378 e. The molecule has 1 aromatic carbocycles. The Kier molecular flexibility index (Phi) is 5.50. The van der Waals surface area contributed by atoms with Crippen molar-refractivity contribution in [3.8, 4) is 0 Å². The number of likely N-dealkylation sites (N-methyl/N-ethyl adjacent to an activating group) is 1. The molecule has 0 unspecified atom stereocenters. The van der Waals surface area contributed by atoms with E-state index in [2.05, 4.69) is 4.98 Å². The predicted molar refractivity (Wildman–Crippen MR) is 78.6 cm³/mol. The van der Waals surface area contributed by atoms with E-state index in [4.69, 9.17) is 16.3 Å². The Labute approximate surface area is 127 Å². The monoisotopic (exact) mass is 317 g/mol. The molecule has 0 N–H and O–H groups in total. The number of aromatic nitrogens is 2. The number of hydrogen-bond acceptors (Lipinski definition) is 3. The van der Waals surface area contributed by atoms with E-state index >= 15 is 0 Å². The van der Waals surface area contributed by atoms with Crippen molar-refractivity contribution in [1.82, 2.24) is 14.5 Å². The summed E-state index contributed by atoms with van der Waals surface area (Å²) >= 11 is 5.83. The van der Waals surface area contributed by atoms with Gasteiger partial charge in [-0.2, -0.15) is 0 Å². The summed E-state index contributed by atoms with van der Waals surface area (Å²) < 4.78 is 34.3. The molecule has 1 aromatic heterocycles. The van der Waals surface area contributed by atoms with Crippen molar-refractivity contribution in [1.29, 1.82) is 0 Å². The molecule has 0 saturated heterocycles. The zero-order valence-electron chi connectivity index (χ0n) is 12.1. The second-order valence-corrected chi connectivity index (χ2v) is 5.25. The molecule has 21 heavy (non-hydrogen) atoms. The van der Waals surface area contributed by atoms with Gasteiger partial charge in [-0.25, -0.2) is 13.8 Å². The van der Waals surface area contributed by atoms with Crippen molar-refractivity contribution in [2.24, 2.45) is 0 Å². The van der Waals surface area contributed by atoms with Crippen LogP contribution in [0.2, 0.25) is 0 Å². The molecular weight excluding hydrogens is 300 g/mol. The highest BCUT2D eigenvalue weighted by Crippen LogP contribution is 2.21. The van der Waals surface area contributed by atoms with Gasteiger partial charge in [-0.1, -0.05) is 0 Å². The maximum Gasteiger partial charge on any atom is 0.153 e. The summed E-state index contributed by atoms with van der Waals surface area (Å²) in [6.45, 7) is 2.30. The lowest BCUT2D eigenvalue weighted by atomic mass is 10.3. The molecule has 0 spiro atoms. The van der Waals surface area contributed by atoms with Crippen LogP contribution in [0.25, 0.3) is 11.0 Å². The van der Waals surface area contributed by atoms with Gasteiger partial charge in [-0.05, 0) is 20.2 Å². The van der Waals surface area contributed by atoms with Crippen molar-refractivity contribution in [3.63, 3.8) is 0 Å². The van der Waals surface area contributed by atoms with Crippen LogP contribution in [0.4, 0.5) is 8.78 Å². The fourth-order valence-electron chi connectivity index (χ4n) is 2.05. The Balaban J connectivity index is 2.14. The van der Waals surface area contributed by atoms with Crippen LogP contribution in [-0.2, 0) is 17.2 Å². The Morgan fingerprint density at radius 3 is 2.71 bits per heavy atom. The molecule has 0 radical (unpaired) electrons. The number of nitrogens with zero attached hydrogens (tertiary/aromatic N) is 3. The number of ether oxygens (including phenoxy) is 1. The third-order valence-electron chi connectivity index (χ3n) is 3.11. The summed E-state index contributed by atoms with van der Waals surface area (Å²) in [4.78, 5) is 6.14. The van der Waals surface area contributed by atoms with Gasteiger partial charge in [0.05, 0.1) is 24.6 Å². The quantitative estimate of drug-likeness (QED) is 0.581. The van der Waals surface area contributed by atoms with E-state index in [0.717, 1.165) is 12.6 Å². The number of imidazole rings is 1. The molecule has 1 heterocycles. The topological polar surface area (TPSA) is 30.3 Å². The average Bonchev–Trinajstić information content (AvgIpc) is 2.76. The number of rotatable bonds is 7. The van der Waals surface area contributed by atoms with Crippen LogP contribution in [0.15, 0.2) is 12.1 Å². The van der Waals surface area contributed by atoms with Crippen LogP contribution < -0.4 is 0 Å². The number of fused-ring (bicyclic) bond motifs is 1. The van der Waals surface area contributed by atoms with Crippen LogP contribution in [0.5, 0.6) is 0 Å². The van der Waals surface area contributed by atoms with Crippen LogP contribution >= 0.6 is 11.6 Å². The van der Waals surface area contributed by atoms with E-state index < -0.39 is 11.6 Å². The molecule has 2 rings (SSSR count). The highest BCUT2D eigenvalue weighted by Gasteiger charge is 2.14. The van der Waals surface area contributed by atoms with E-state index in [9.17, 15) is 8.78 Å². The molecular formula is C14H18ClF2N3O. The molecule has 0 saturated carbocycles. The molecule has 7 heteroatoms. The molecule has 116 valence electrons. The summed E-state index contributed by atoms with van der Waals surface area (Å²) in [7, 11) is 3.92. The first kappa shape index (κ1) is 16.1. The molecule has 0 aliphatic rings. The van der Waals surface area contributed by atoms with Crippen molar-refractivity contribution in [2.45, 2.75) is 12.4 Å². The van der Waals surface area contributed by atoms with E-state index in [1.165, 1.54) is 6.07 Å². The van der Waals surface area contributed by atoms with Crippen molar-refractivity contribution in [2.75, 3.05) is 33.9 Å². The van der Waals surface area contributed by atoms with Crippen molar-refractivity contribution in [3.05, 3.63) is 29.6 Å². The number of halogens is 3. The normalized spacial score (nSPS) is 11.7. The third-order valence-corrected chi connectivity index (χ3v) is 3.35. The maximum atomic E-state index is 13.7. The van der Waals surface area contributed by atoms with Gasteiger partial charge in [0, 0.05) is 19.2 Å². The van der Waals surface area contributed by atoms with E-state index in [0.29, 0.717) is 31.1 Å². The second kappa shape index (κ2) is 7.15. The predicted octanol–water partition coefficient (Wildman–Crippen LogP) is 2.63. The third kappa shape index (κ3) is 3.90. The van der Waals surface area contributed by atoms with Gasteiger partial charge in [-0.3, -0.25) is 0 Å². The summed E-state index contributed by atoms with van der Waals surface area (Å²) in [5.41, 5.74) is 0.541. The molecule has 0 fully saturated rings. The largest absolute Gasteiger partial charge is 0.378 e. The van der Waals surface area contributed by atoms with E-state index in [1.807, 2.05) is 19.0 Å². The smallest absolute Gasteiger partial charge is 0.153 e. The zero-order valence-corrected chi connectivity index (χ0v) is 12.8. The molecule has 4 nitrogen and oxygen atoms in total. The Hall–Kier alpha value is -1.24. The molecule has 0 amide bonds. The fourth-order valence-corrected chi connectivity index (χ4v) is 2.26. The SMILES string of the molecule is CN(C)CCOCCn1c(CCl)nc2c(F)cc(F)cc21. The molecule has 0 aliphatic heterocycles. The summed E-state index contributed by atoms with van der Waals surface area (Å²) in [5, 5.41) is 0. The highest BCUT2D eigenvalue weighted by atomic mass is 35.5. The molecule has 0 aliphatic carbocycles. The molecule has 2 aromatic rings. The van der Waals surface area contributed by atoms with Gasteiger partial charge in [0.25, 0.3) is 0 Å². The van der Waals surface area contributed by atoms with Gasteiger partial charge in [0.1, 0.15) is 17.2 Å². The number of alkyl halides is 1. The molecule has 0 bridgehead atoms.